The maximum atomic E-state index is 13.3. The van der Waals surface area contributed by atoms with E-state index in [2.05, 4.69) is 15.9 Å². The van der Waals surface area contributed by atoms with Crippen LogP contribution in [0.5, 0.6) is 0 Å². The van der Waals surface area contributed by atoms with Crippen LogP contribution < -0.4 is 0 Å². The molecule has 0 unspecified atom stereocenters. The second-order valence-electron chi connectivity index (χ2n) is 2.86. The molecule has 0 aliphatic rings. The third-order valence-corrected chi connectivity index (χ3v) is 2.38. The summed E-state index contributed by atoms with van der Waals surface area (Å²) in [6.45, 7) is 0. The van der Waals surface area contributed by atoms with E-state index in [0.717, 1.165) is 0 Å². The fourth-order valence-corrected chi connectivity index (χ4v) is 1.40. The van der Waals surface area contributed by atoms with Crippen molar-refractivity contribution in [1.82, 2.24) is 0 Å². The molecule has 1 rings (SSSR count). The molecule has 0 bridgehead atoms. The molecule has 0 aliphatic heterocycles. The van der Waals surface area contributed by atoms with E-state index >= 15 is 0 Å². The average molecular weight is 249 g/mol. The lowest BCUT2D eigenvalue weighted by molar-refractivity contribution is -0.0136. The maximum absolute atomic E-state index is 13.3. The Morgan fingerprint density at radius 1 is 1.15 bits per heavy atom. The summed E-state index contributed by atoms with van der Waals surface area (Å²) >= 11 is 3.14. The highest BCUT2D eigenvalue weighted by Gasteiger charge is 2.29. The van der Waals surface area contributed by atoms with Crippen LogP contribution in [-0.2, 0) is 5.92 Å². The maximum Gasteiger partial charge on any atom is 0.273 e. The van der Waals surface area contributed by atoms with Crippen molar-refractivity contribution in [2.75, 3.05) is 5.33 Å². The molecule has 13 heavy (non-hydrogen) atoms. The van der Waals surface area contributed by atoms with Crippen molar-refractivity contribution in [3.8, 4) is 0 Å². The first-order valence-electron chi connectivity index (χ1n) is 4.16. The monoisotopic (exact) mass is 248 g/mol. The van der Waals surface area contributed by atoms with Crippen LogP contribution in [0.3, 0.4) is 0 Å². The third-order valence-electron chi connectivity index (χ3n) is 1.82. The number of rotatable bonds is 4. The molecule has 0 aromatic heterocycles. The summed E-state index contributed by atoms with van der Waals surface area (Å²) in [5, 5.41) is 0.620. The summed E-state index contributed by atoms with van der Waals surface area (Å²) in [7, 11) is 0. The van der Waals surface area contributed by atoms with Crippen LogP contribution in [0.15, 0.2) is 30.3 Å². The van der Waals surface area contributed by atoms with Crippen molar-refractivity contribution in [2.24, 2.45) is 0 Å². The molecule has 0 spiro atoms. The highest BCUT2D eigenvalue weighted by Crippen LogP contribution is 2.32. The van der Waals surface area contributed by atoms with Crippen LogP contribution in [0.1, 0.15) is 18.4 Å². The normalized spacial score (nSPS) is 11.6. The third kappa shape index (κ3) is 3.07. The molecule has 1 aromatic carbocycles. The van der Waals surface area contributed by atoms with Crippen LogP contribution in [0.25, 0.3) is 0 Å². The minimum atomic E-state index is -2.69. The zero-order valence-corrected chi connectivity index (χ0v) is 8.73. The fraction of sp³-hybridized carbons (Fsp3) is 0.400. The van der Waals surface area contributed by atoms with Gasteiger partial charge in [-0.2, -0.15) is 0 Å². The zero-order valence-electron chi connectivity index (χ0n) is 7.14. The van der Waals surface area contributed by atoms with E-state index in [-0.39, 0.29) is 12.0 Å². The van der Waals surface area contributed by atoms with E-state index in [1.807, 2.05) is 0 Å². The van der Waals surface area contributed by atoms with Crippen molar-refractivity contribution in [1.29, 1.82) is 0 Å². The van der Waals surface area contributed by atoms with Gasteiger partial charge in [0.05, 0.1) is 0 Å². The van der Waals surface area contributed by atoms with Gasteiger partial charge < -0.3 is 0 Å². The van der Waals surface area contributed by atoms with Crippen molar-refractivity contribution in [3.05, 3.63) is 35.9 Å². The average Bonchev–Trinajstić information content (AvgIpc) is 2.16. The molecular formula is C10H11BrF2. The molecule has 0 N–H and O–H groups in total. The van der Waals surface area contributed by atoms with Crippen molar-refractivity contribution >= 4 is 15.9 Å². The van der Waals surface area contributed by atoms with Gasteiger partial charge in [0, 0.05) is 17.3 Å². The SMILES string of the molecule is FC(F)(CCCBr)c1ccccc1. The molecule has 0 saturated heterocycles. The van der Waals surface area contributed by atoms with Gasteiger partial charge in [-0.3, -0.25) is 0 Å². The Hall–Kier alpha value is -0.440. The lowest BCUT2D eigenvalue weighted by Gasteiger charge is -2.15. The Morgan fingerprint density at radius 3 is 2.31 bits per heavy atom. The molecule has 0 nitrogen and oxygen atoms in total. The molecule has 3 heteroatoms. The standard InChI is InChI=1S/C10H11BrF2/c11-8-4-7-10(12,13)9-5-2-1-3-6-9/h1-3,5-6H,4,7-8H2. The minimum Gasteiger partial charge on any atom is -0.201 e. The van der Waals surface area contributed by atoms with E-state index in [1.165, 1.54) is 12.1 Å². The number of hydrogen-bond donors (Lipinski definition) is 0. The number of hydrogen-bond acceptors (Lipinski definition) is 0. The van der Waals surface area contributed by atoms with Crippen LogP contribution in [0.2, 0.25) is 0 Å². The number of benzene rings is 1. The van der Waals surface area contributed by atoms with Crippen LogP contribution in [0, 0.1) is 0 Å². The van der Waals surface area contributed by atoms with Crippen LogP contribution >= 0.6 is 15.9 Å². The number of alkyl halides is 3. The summed E-state index contributed by atoms with van der Waals surface area (Å²) in [6, 6.07) is 7.95. The topological polar surface area (TPSA) is 0 Å². The first-order valence-corrected chi connectivity index (χ1v) is 5.28. The molecule has 0 saturated carbocycles. The van der Waals surface area contributed by atoms with E-state index < -0.39 is 5.92 Å². The zero-order chi connectivity index (χ0) is 9.73. The van der Waals surface area contributed by atoms with Crippen LogP contribution in [0.4, 0.5) is 8.78 Å². The molecule has 72 valence electrons. The fourth-order valence-electron chi connectivity index (χ4n) is 1.12. The predicted octanol–water partition coefficient (Wildman–Crippen LogP) is 3.95. The Balaban J connectivity index is 2.69. The van der Waals surface area contributed by atoms with Gasteiger partial charge in [0.2, 0.25) is 0 Å². The van der Waals surface area contributed by atoms with E-state index in [1.54, 1.807) is 18.2 Å². The Kier molecular flexibility index (Phi) is 3.85. The van der Waals surface area contributed by atoms with Gasteiger partial charge in [0.15, 0.2) is 0 Å². The van der Waals surface area contributed by atoms with E-state index in [9.17, 15) is 8.78 Å². The summed E-state index contributed by atoms with van der Waals surface area (Å²) in [6.07, 6.45) is 0.393. The second-order valence-corrected chi connectivity index (χ2v) is 3.66. The van der Waals surface area contributed by atoms with Crippen LogP contribution in [-0.4, -0.2) is 5.33 Å². The molecule has 1 aromatic rings. The quantitative estimate of drug-likeness (QED) is 0.708. The summed E-state index contributed by atoms with van der Waals surface area (Å²) < 4.78 is 26.6. The lowest BCUT2D eigenvalue weighted by Crippen LogP contribution is -2.12. The molecule has 0 aliphatic carbocycles. The van der Waals surface area contributed by atoms with Gasteiger partial charge in [-0.05, 0) is 6.42 Å². The van der Waals surface area contributed by atoms with Gasteiger partial charge >= 0.3 is 0 Å². The highest BCUT2D eigenvalue weighted by atomic mass is 79.9. The minimum absolute atomic E-state index is 0.0950. The molecular weight excluding hydrogens is 238 g/mol. The molecule has 0 fully saturated rings. The molecule has 0 radical (unpaired) electrons. The van der Waals surface area contributed by atoms with E-state index in [0.29, 0.717) is 11.8 Å². The Bertz CT molecular complexity index is 246. The number of halogens is 3. The van der Waals surface area contributed by atoms with Gasteiger partial charge in [0.1, 0.15) is 0 Å². The second kappa shape index (κ2) is 4.70. The highest BCUT2D eigenvalue weighted by molar-refractivity contribution is 9.09. The first kappa shape index (κ1) is 10.6. The van der Waals surface area contributed by atoms with Crippen molar-refractivity contribution in [2.45, 2.75) is 18.8 Å². The Morgan fingerprint density at radius 2 is 1.77 bits per heavy atom. The largest absolute Gasteiger partial charge is 0.273 e. The van der Waals surface area contributed by atoms with E-state index in [4.69, 9.17) is 0 Å². The molecule has 0 amide bonds. The summed E-state index contributed by atoms with van der Waals surface area (Å²) in [5.74, 6) is -2.69. The van der Waals surface area contributed by atoms with Gasteiger partial charge in [0.25, 0.3) is 5.92 Å². The summed E-state index contributed by atoms with van der Waals surface area (Å²) in [4.78, 5) is 0. The predicted molar refractivity (Wildman–Crippen MR) is 53.4 cm³/mol. The molecule has 0 heterocycles. The summed E-state index contributed by atoms with van der Waals surface area (Å²) in [5.41, 5.74) is 0.107. The Labute approximate surface area is 85.1 Å². The molecule has 0 atom stereocenters. The smallest absolute Gasteiger partial charge is 0.201 e. The van der Waals surface area contributed by atoms with Crippen molar-refractivity contribution < 1.29 is 8.78 Å². The lowest BCUT2D eigenvalue weighted by atomic mass is 10.0. The van der Waals surface area contributed by atoms with Crippen molar-refractivity contribution in [3.63, 3.8) is 0 Å². The van der Waals surface area contributed by atoms with Gasteiger partial charge in [-0.1, -0.05) is 46.3 Å². The van der Waals surface area contributed by atoms with Gasteiger partial charge in [-0.25, -0.2) is 8.78 Å². The first-order chi connectivity index (χ1) is 6.17. The van der Waals surface area contributed by atoms with Gasteiger partial charge in [-0.15, -0.1) is 0 Å².